The van der Waals surface area contributed by atoms with E-state index in [1.165, 1.54) is 6.07 Å². The predicted octanol–water partition coefficient (Wildman–Crippen LogP) is 4.62. The van der Waals surface area contributed by atoms with Gasteiger partial charge in [-0.2, -0.15) is 0 Å². The Kier molecular flexibility index (Phi) is 7.77. The van der Waals surface area contributed by atoms with Crippen molar-refractivity contribution in [2.75, 3.05) is 26.2 Å². The van der Waals surface area contributed by atoms with Crippen molar-refractivity contribution in [3.05, 3.63) is 63.5 Å². The first kappa shape index (κ1) is 24.8. The summed E-state index contributed by atoms with van der Waals surface area (Å²) < 4.78 is 11.1. The first-order valence-electron chi connectivity index (χ1n) is 11.1. The molecule has 0 atom stereocenters. The lowest BCUT2D eigenvalue weighted by molar-refractivity contribution is -0.135. The highest BCUT2D eigenvalue weighted by molar-refractivity contribution is 8.18. The number of benzene rings is 2. The standard InChI is InChI=1S/C25H23ClN2O6S/c1-2-33-20-12-16(8-9-19(20)34-24(31)17-6-5-7-18(26)14-17)13-21-23(30)28(25(32)35-21)15-22(29)27-10-3-4-11-27/h5-9,12-14H,2-4,10-11,15H2,1H3/b21-13-. The number of halogens is 1. The SMILES string of the molecule is CCOc1cc(/C=C2\SC(=O)N(CC(=O)N3CCCC3)C2=O)ccc1OC(=O)c1cccc(Cl)c1. The van der Waals surface area contributed by atoms with E-state index in [-0.39, 0.29) is 23.1 Å². The number of carbonyl (C=O) groups excluding carboxylic acids is 4. The first-order valence-corrected chi connectivity index (χ1v) is 12.3. The van der Waals surface area contributed by atoms with Crippen LogP contribution in [0, 0.1) is 0 Å². The van der Waals surface area contributed by atoms with Crippen LogP contribution in [0.5, 0.6) is 11.5 Å². The van der Waals surface area contributed by atoms with Gasteiger partial charge in [-0.05, 0) is 73.5 Å². The largest absolute Gasteiger partial charge is 0.490 e. The Morgan fingerprint density at radius 3 is 2.57 bits per heavy atom. The van der Waals surface area contributed by atoms with Gasteiger partial charge in [0, 0.05) is 18.1 Å². The van der Waals surface area contributed by atoms with Gasteiger partial charge in [-0.1, -0.05) is 23.7 Å². The monoisotopic (exact) mass is 514 g/mol. The van der Waals surface area contributed by atoms with Gasteiger partial charge in [0.05, 0.1) is 17.1 Å². The molecule has 10 heteroatoms. The van der Waals surface area contributed by atoms with Crippen molar-refractivity contribution in [2.24, 2.45) is 0 Å². The normalized spacial score (nSPS) is 16.8. The molecule has 2 saturated heterocycles. The van der Waals surface area contributed by atoms with E-state index in [0.717, 1.165) is 29.5 Å². The fraction of sp³-hybridized carbons (Fsp3) is 0.280. The first-order chi connectivity index (χ1) is 16.9. The second-order valence-electron chi connectivity index (χ2n) is 7.89. The Bertz CT molecular complexity index is 1210. The minimum Gasteiger partial charge on any atom is -0.490 e. The highest BCUT2D eigenvalue weighted by atomic mass is 35.5. The van der Waals surface area contributed by atoms with Gasteiger partial charge in [0.2, 0.25) is 5.91 Å². The Labute approximate surface area is 211 Å². The molecule has 3 amide bonds. The molecule has 0 aliphatic carbocycles. The molecule has 2 aromatic carbocycles. The van der Waals surface area contributed by atoms with Crippen molar-refractivity contribution in [3.8, 4) is 11.5 Å². The van der Waals surface area contributed by atoms with E-state index in [0.29, 0.717) is 41.6 Å². The van der Waals surface area contributed by atoms with E-state index in [4.69, 9.17) is 21.1 Å². The molecule has 4 rings (SSSR count). The Morgan fingerprint density at radius 2 is 1.86 bits per heavy atom. The summed E-state index contributed by atoms with van der Waals surface area (Å²) in [6.45, 7) is 3.15. The third-order valence-corrected chi connectivity index (χ3v) is 6.60. The van der Waals surface area contributed by atoms with E-state index in [2.05, 4.69) is 0 Å². The van der Waals surface area contributed by atoms with Crippen molar-refractivity contribution in [1.82, 2.24) is 9.80 Å². The Balaban J connectivity index is 1.50. The number of carbonyl (C=O) groups is 4. The molecule has 8 nitrogen and oxygen atoms in total. The molecule has 0 spiro atoms. The van der Waals surface area contributed by atoms with Gasteiger partial charge < -0.3 is 14.4 Å². The third-order valence-electron chi connectivity index (χ3n) is 5.45. The minimum atomic E-state index is -0.593. The van der Waals surface area contributed by atoms with Crippen molar-refractivity contribution in [3.63, 3.8) is 0 Å². The number of likely N-dealkylation sites (tertiary alicyclic amines) is 1. The maximum atomic E-state index is 12.8. The predicted molar refractivity (Wildman–Crippen MR) is 133 cm³/mol. The summed E-state index contributed by atoms with van der Waals surface area (Å²) in [4.78, 5) is 53.0. The lowest BCUT2D eigenvalue weighted by Crippen LogP contribution is -2.40. The van der Waals surface area contributed by atoms with Crippen LogP contribution in [-0.2, 0) is 9.59 Å². The van der Waals surface area contributed by atoms with Gasteiger partial charge in [0.25, 0.3) is 11.1 Å². The van der Waals surface area contributed by atoms with Crippen LogP contribution >= 0.6 is 23.4 Å². The van der Waals surface area contributed by atoms with E-state index >= 15 is 0 Å². The second-order valence-corrected chi connectivity index (χ2v) is 9.32. The van der Waals surface area contributed by atoms with Crippen LogP contribution in [-0.4, -0.2) is 59.1 Å². The summed E-state index contributed by atoms with van der Waals surface area (Å²) >= 11 is 6.73. The van der Waals surface area contributed by atoms with Crippen LogP contribution in [0.25, 0.3) is 6.08 Å². The highest BCUT2D eigenvalue weighted by Gasteiger charge is 2.37. The summed E-state index contributed by atoms with van der Waals surface area (Å²) in [6, 6.07) is 11.2. The zero-order valence-corrected chi connectivity index (χ0v) is 20.6. The molecule has 2 aliphatic rings. The number of hydrogen-bond acceptors (Lipinski definition) is 7. The van der Waals surface area contributed by atoms with Gasteiger partial charge in [-0.15, -0.1) is 0 Å². The molecule has 2 aliphatic heterocycles. The lowest BCUT2D eigenvalue weighted by Gasteiger charge is -2.18. The number of hydrogen-bond donors (Lipinski definition) is 0. The smallest absolute Gasteiger partial charge is 0.343 e. The fourth-order valence-corrected chi connectivity index (χ4v) is 4.76. The highest BCUT2D eigenvalue weighted by Crippen LogP contribution is 2.35. The average molecular weight is 515 g/mol. The van der Waals surface area contributed by atoms with E-state index in [1.54, 1.807) is 54.3 Å². The maximum Gasteiger partial charge on any atom is 0.343 e. The molecule has 182 valence electrons. The van der Waals surface area contributed by atoms with Crippen molar-refractivity contribution in [2.45, 2.75) is 19.8 Å². The lowest BCUT2D eigenvalue weighted by atomic mass is 10.1. The van der Waals surface area contributed by atoms with Crippen molar-refractivity contribution < 1.29 is 28.7 Å². The summed E-state index contributed by atoms with van der Waals surface area (Å²) in [5, 5.41) is -0.0678. The van der Waals surface area contributed by atoms with Gasteiger partial charge >= 0.3 is 5.97 Å². The van der Waals surface area contributed by atoms with E-state index in [9.17, 15) is 19.2 Å². The molecule has 0 unspecified atom stereocenters. The number of imide groups is 1. The van der Waals surface area contributed by atoms with Crippen LogP contribution in [0.1, 0.15) is 35.7 Å². The van der Waals surface area contributed by atoms with Crippen LogP contribution in [0.2, 0.25) is 5.02 Å². The second kappa shape index (κ2) is 11.0. The van der Waals surface area contributed by atoms with Crippen LogP contribution in [0.3, 0.4) is 0 Å². The fourth-order valence-electron chi connectivity index (χ4n) is 3.73. The molecule has 2 aromatic rings. The van der Waals surface area contributed by atoms with Crippen molar-refractivity contribution in [1.29, 1.82) is 0 Å². The molecule has 0 saturated carbocycles. The number of rotatable bonds is 7. The van der Waals surface area contributed by atoms with E-state index < -0.39 is 17.1 Å². The van der Waals surface area contributed by atoms with Gasteiger partial charge in [-0.3, -0.25) is 19.3 Å². The number of thioether (sulfide) groups is 1. The molecule has 0 bridgehead atoms. The molecular formula is C25H23ClN2O6S. The van der Waals surface area contributed by atoms with Crippen LogP contribution in [0.4, 0.5) is 4.79 Å². The molecule has 0 radical (unpaired) electrons. The Morgan fingerprint density at radius 1 is 1.09 bits per heavy atom. The molecule has 2 heterocycles. The number of ether oxygens (including phenoxy) is 2. The minimum absolute atomic E-state index is 0.204. The summed E-state index contributed by atoms with van der Waals surface area (Å²) in [5.41, 5.74) is 0.869. The molecule has 35 heavy (non-hydrogen) atoms. The zero-order chi connectivity index (χ0) is 24.9. The van der Waals surface area contributed by atoms with E-state index in [1.807, 2.05) is 0 Å². The number of esters is 1. The van der Waals surface area contributed by atoms with Gasteiger partial charge in [-0.25, -0.2) is 4.79 Å². The summed E-state index contributed by atoms with van der Waals surface area (Å²) in [5.74, 6) is -0.819. The van der Waals surface area contributed by atoms with Gasteiger partial charge in [0.1, 0.15) is 6.54 Å². The third kappa shape index (κ3) is 5.86. The topological polar surface area (TPSA) is 93.2 Å². The molecule has 0 aromatic heterocycles. The molecular weight excluding hydrogens is 492 g/mol. The van der Waals surface area contributed by atoms with Crippen LogP contribution < -0.4 is 9.47 Å². The summed E-state index contributed by atoms with van der Waals surface area (Å²) in [7, 11) is 0. The molecule has 0 N–H and O–H groups in total. The van der Waals surface area contributed by atoms with Gasteiger partial charge in [0.15, 0.2) is 11.5 Å². The quantitative estimate of drug-likeness (QED) is 0.302. The average Bonchev–Trinajstić information content (AvgIpc) is 3.46. The number of amides is 3. The maximum absolute atomic E-state index is 12.8. The number of nitrogens with zero attached hydrogens (tertiary/aromatic N) is 2. The molecule has 2 fully saturated rings. The van der Waals surface area contributed by atoms with Crippen molar-refractivity contribution >= 4 is 52.5 Å². The van der Waals surface area contributed by atoms with Crippen LogP contribution in [0.15, 0.2) is 47.4 Å². The Hall–Kier alpha value is -3.30. The summed E-state index contributed by atoms with van der Waals surface area (Å²) in [6.07, 6.45) is 3.41. The zero-order valence-electron chi connectivity index (χ0n) is 19.0.